The van der Waals surface area contributed by atoms with E-state index in [9.17, 15) is 4.79 Å². The fourth-order valence-corrected chi connectivity index (χ4v) is 2.74. The predicted octanol–water partition coefficient (Wildman–Crippen LogP) is 5.97. The van der Waals surface area contributed by atoms with Gasteiger partial charge in [0, 0.05) is 13.0 Å². The van der Waals surface area contributed by atoms with Crippen molar-refractivity contribution in [1.29, 1.82) is 0 Å². The molecule has 0 fully saturated rings. The van der Waals surface area contributed by atoms with E-state index in [4.69, 9.17) is 5.73 Å². The van der Waals surface area contributed by atoms with Crippen molar-refractivity contribution < 1.29 is 4.79 Å². The maximum Gasteiger partial charge on any atom is 0.240 e. The van der Waals surface area contributed by atoms with Gasteiger partial charge < -0.3 is 5.32 Å². The minimum absolute atomic E-state index is 0.215. The van der Waals surface area contributed by atoms with Gasteiger partial charge >= 0.3 is 0 Å². The van der Waals surface area contributed by atoms with Gasteiger partial charge in [0.1, 0.15) is 0 Å². The molecule has 3 nitrogen and oxygen atoms in total. The fraction of sp³-hybridized carbons (Fsp3) is 0.810. The Hall–Kier alpha value is -0.830. The van der Waals surface area contributed by atoms with Crippen LogP contribution in [0.1, 0.15) is 103 Å². The number of nitrogens with one attached hydrogen (secondary N) is 2. The van der Waals surface area contributed by atoms with Gasteiger partial charge in [0.05, 0.1) is 0 Å². The highest BCUT2D eigenvalue weighted by Gasteiger charge is 1.95. The molecule has 0 aromatic carbocycles. The lowest BCUT2D eigenvalue weighted by Gasteiger charge is -2.03. The normalized spacial score (nSPS) is 11.4. The number of hydrogen-bond donors (Lipinski definition) is 1. The van der Waals surface area contributed by atoms with E-state index in [1.165, 1.54) is 83.5 Å². The Morgan fingerprint density at radius 3 is 1.83 bits per heavy atom. The summed E-state index contributed by atoms with van der Waals surface area (Å²) in [5.41, 5.74) is 6.77. The molecule has 24 heavy (non-hydrogen) atoms. The lowest BCUT2D eigenvalue weighted by Crippen LogP contribution is -2.14. The summed E-state index contributed by atoms with van der Waals surface area (Å²) in [7, 11) is 0. The summed E-state index contributed by atoms with van der Waals surface area (Å²) < 4.78 is 0. The van der Waals surface area contributed by atoms with Gasteiger partial charge in [0.2, 0.25) is 5.91 Å². The summed E-state index contributed by atoms with van der Waals surface area (Å²) in [6.45, 7) is 4.90. The van der Waals surface area contributed by atoms with E-state index in [0.717, 1.165) is 13.0 Å². The third kappa shape index (κ3) is 21.2. The van der Waals surface area contributed by atoms with Crippen LogP contribution in [0, 0.1) is 6.54 Å². The van der Waals surface area contributed by atoms with Crippen molar-refractivity contribution in [2.24, 2.45) is 0 Å². The monoisotopic (exact) mass is 336 g/mol. The molecule has 0 atom stereocenters. The average Bonchev–Trinajstić information content (AvgIpc) is 2.56. The largest absolute Gasteiger partial charge is 0.312 e. The molecular weight excluding hydrogens is 296 g/mol. The topological polar surface area (TPSA) is 52.9 Å². The zero-order chi connectivity index (χ0) is 17.7. The summed E-state index contributed by atoms with van der Waals surface area (Å²) in [5.74, 6) is -0.525. The lowest BCUT2D eigenvalue weighted by atomic mass is 10.1. The molecule has 140 valence electrons. The summed E-state index contributed by atoms with van der Waals surface area (Å²) in [4.78, 5) is 10.4. The highest BCUT2D eigenvalue weighted by molar-refractivity contribution is 5.73. The molecule has 0 saturated heterocycles. The Morgan fingerprint density at radius 1 is 0.792 bits per heavy atom. The van der Waals surface area contributed by atoms with Crippen LogP contribution in [-0.4, -0.2) is 12.5 Å². The molecule has 0 aromatic rings. The van der Waals surface area contributed by atoms with Crippen molar-refractivity contribution in [3.8, 4) is 0 Å². The third-order valence-electron chi connectivity index (χ3n) is 4.26. The molecule has 0 aliphatic heterocycles. The summed E-state index contributed by atoms with van der Waals surface area (Å²) in [6.07, 6.45) is 23.5. The number of carbonyl (C=O) groups is 1. The second-order valence-electron chi connectivity index (χ2n) is 6.72. The van der Waals surface area contributed by atoms with Gasteiger partial charge in [-0.2, -0.15) is 0 Å². The van der Waals surface area contributed by atoms with Crippen LogP contribution in [0.5, 0.6) is 0 Å². The van der Waals surface area contributed by atoms with Gasteiger partial charge in [0.15, 0.2) is 0 Å². The highest BCUT2D eigenvalue weighted by atomic mass is 16.1. The Morgan fingerprint density at radius 2 is 1.29 bits per heavy atom. The first-order chi connectivity index (χ1) is 11.8. The number of rotatable bonds is 19. The molecule has 0 aromatic heterocycles. The van der Waals surface area contributed by atoms with Crippen molar-refractivity contribution in [1.82, 2.24) is 11.1 Å². The zero-order valence-corrected chi connectivity index (χ0v) is 16.0. The standard InChI is InChI=1S/C21H40N2O/c1-2-3-4-5-6-7-8-9-10-11-12-13-14-15-16-17-19-23-20-18-21(22)24/h9-10,20,22-23H,2-8,11-19H2,1H3/b10-9-. The van der Waals surface area contributed by atoms with Crippen molar-refractivity contribution in [3.63, 3.8) is 0 Å². The molecule has 0 aliphatic rings. The van der Waals surface area contributed by atoms with Crippen LogP contribution < -0.4 is 11.1 Å². The summed E-state index contributed by atoms with van der Waals surface area (Å²) in [6, 6.07) is 0. The Bertz CT molecular complexity index is 290. The third-order valence-corrected chi connectivity index (χ3v) is 4.26. The van der Waals surface area contributed by atoms with E-state index in [1.807, 2.05) is 0 Å². The van der Waals surface area contributed by atoms with Crippen LogP contribution in [0.3, 0.4) is 0 Å². The molecule has 2 N–H and O–H groups in total. The second-order valence-corrected chi connectivity index (χ2v) is 6.72. The molecule has 3 heteroatoms. The quantitative estimate of drug-likeness (QED) is 0.233. The van der Waals surface area contributed by atoms with E-state index >= 15 is 0 Å². The molecule has 0 spiro atoms. The molecule has 0 heterocycles. The molecule has 2 radical (unpaired) electrons. The fourth-order valence-electron chi connectivity index (χ4n) is 2.74. The molecule has 0 aliphatic carbocycles. The van der Waals surface area contributed by atoms with Crippen molar-refractivity contribution >= 4 is 5.91 Å². The van der Waals surface area contributed by atoms with Gasteiger partial charge in [-0.1, -0.05) is 76.9 Å². The van der Waals surface area contributed by atoms with Crippen LogP contribution in [0.25, 0.3) is 0 Å². The zero-order valence-electron chi connectivity index (χ0n) is 16.0. The number of carbonyl (C=O) groups excluding carboxylic acids is 1. The summed E-state index contributed by atoms with van der Waals surface area (Å²) >= 11 is 0. The van der Waals surface area contributed by atoms with Crippen molar-refractivity contribution in [2.75, 3.05) is 6.54 Å². The average molecular weight is 337 g/mol. The van der Waals surface area contributed by atoms with Gasteiger partial charge in [-0.15, -0.1) is 0 Å². The SMILES string of the molecule is CCCCCCCC/C=C\CCCCCCCCN[CH]CC([NH])=O. The number of allylic oxidation sites excluding steroid dienone is 2. The smallest absolute Gasteiger partial charge is 0.240 e. The molecule has 0 unspecified atom stereocenters. The van der Waals surface area contributed by atoms with Gasteiger partial charge in [-0.3, -0.25) is 10.5 Å². The van der Waals surface area contributed by atoms with Gasteiger partial charge in [0.25, 0.3) is 0 Å². The van der Waals surface area contributed by atoms with Gasteiger partial charge in [-0.25, -0.2) is 0 Å². The van der Waals surface area contributed by atoms with Crippen LogP contribution in [0.2, 0.25) is 0 Å². The number of amides is 1. The number of unbranched alkanes of at least 4 members (excludes halogenated alkanes) is 12. The van der Waals surface area contributed by atoms with E-state index in [1.54, 1.807) is 6.54 Å². The van der Waals surface area contributed by atoms with Crippen LogP contribution in [0.4, 0.5) is 0 Å². The van der Waals surface area contributed by atoms with Crippen LogP contribution >= 0.6 is 0 Å². The van der Waals surface area contributed by atoms with Crippen molar-refractivity contribution in [2.45, 2.75) is 103 Å². The van der Waals surface area contributed by atoms with E-state index < -0.39 is 5.91 Å². The van der Waals surface area contributed by atoms with Crippen LogP contribution in [-0.2, 0) is 4.79 Å². The Balaban J connectivity index is 3.06. The Kier molecular flexibility index (Phi) is 19.5. The van der Waals surface area contributed by atoms with Crippen molar-refractivity contribution in [3.05, 3.63) is 18.7 Å². The Labute approximate surface area is 150 Å². The first-order valence-corrected chi connectivity index (χ1v) is 10.2. The second kappa shape index (κ2) is 20.2. The van der Waals surface area contributed by atoms with E-state index in [-0.39, 0.29) is 6.42 Å². The minimum atomic E-state index is -0.525. The first-order valence-electron chi connectivity index (χ1n) is 10.2. The molecule has 0 rings (SSSR count). The minimum Gasteiger partial charge on any atom is -0.312 e. The number of hydrogen-bond acceptors (Lipinski definition) is 2. The van der Waals surface area contributed by atoms with Crippen LogP contribution in [0.15, 0.2) is 12.2 Å². The maximum atomic E-state index is 10.4. The van der Waals surface area contributed by atoms with Gasteiger partial charge in [-0.05, 0) is 38.6 Å². The predicted molar refractivity (Wildman–Crippen MR) is 104 cm³/mol. The first kappa shape index (κ1) is 23.2. The maximum absolute atomic E-state index is 10.4. The van der Waals surface area contributed by atoms with E-state index in [0.29, 0.717) is 0 Å². The van der Waals surface area contributed by atoms with E-state index in [2.05, 4.69) is 24.4 Å². The molecule has 1 amide bonds. The summed E-state index contributed by atoms with van der Waals surface area (Å²) in [5, 5.41) is 3.09. The lowest BCUT2D eigenvalue weighted by molar-refractivity contribution is -0.118. The molecular formula is C21H40N2O. The molecule has 0 bridgehead atoms. The highest BCUT2D eigenvalue weighted by Crippen LogP contribution is 2.09. The molecule has 0 saturated carbocycles.